The highest BCUT2D eigenvalue weighted by Crippen LogP contribution is 2.22. The van der Waals surface area contributed by atoms with E-state index in [2.05, 4.69) is 12.2 Å². The van der Waals surface area contributed by atoms with Crippen LogP contribution < -0.4 is 10.1 Å². The van der Waals surface area contributed by atoms with E-state index in [1.54, 1.807) is 0 Å². The van der Waals surface area contributed by atoms with Crippen LogP contribution >= 0.6 is 0 Å². The zero-order chi connectivity index (χ0) is 12.6. The van der Waals surface area contributed by atoms with E-state index < -0.39 is 0 Å². The topological polar surface area (TPSA) is 30.5 Å². The molecule has 1 heterocycles. The van der Waals surface area contributed by atoms with Crippen LogP contribution in [0.3, 0.4) is 0 Å². The van der Waals surface area contributed by atoms with Crippen molar-refractivity contribution in [3.8, 4) is 5.75 Å². The molecule has 0 spiro atoms. The second-order valence-corrected chi connectivity index (χ2v) is 4.73. The van der Waals surface area contributed by atoms with Crippen molar-refractivity contribution in [1.82, 2.24) is 5.32 Å². The summed E-state index contributed by atoms with van der Waals surface area (Å²) in [5.74, 6) is 1.61. The Bertz CT molecular complexity index is 329. The molecule has 0 saturated carbocycles. The summed E-state index contributed by atoms with van der Waals surface area (Å²) in [6, 6.07) is 9.95. The lowest BCUT2D eigenvalue weighted by molar-refractivity contribution is 0.0871. The largest absolute Gasteiger partial charge is 0.492 e. The minimum atomic E-state index is 0.451. The van der Waals surface area contributed by atoms with Crippen LogP contribution in [0.1, 0.15) is 19.8 Å². The van der Waals surface area contributed by atoms with E-state index in [-0.39, 0.29) is 0 Å². The van der Waals surface area contributed by atoms with E-state index >= 15 is 0 Å². The standard InChI is InChI=1S/C15H23NO2/c1-2-15-13(8-10-18-15)12-16-9-11-17-14-6-4-3-5-7-14/h3-7,13,15-16H,2,8-12H2,1H3. The Hall–Kier alpha value is -1.06. The predicted molar refractivity (Wildman–Crippen MR) is 72.9 cm³/mol. The minimum Gasteiger partial charge on any atom is -0.492 e. The average molecular weight is 249 g/mol. The lowest BCUT2D eigenvalue weighted by Crippen LogP contribution is -2.30. The van der Waals surface area contributed by atoms with Crippen LogP contribution in [-0.2, 0) is 4.74 Å². The monoisotopic (exact) mass is 249 g/mol. The summed E-state index contributed by atoms with van der Waals surface area (Å²) < 4.78 is 11.3. The Morgan fingerprint density at radius 2 is 2.17 bits per heavy atom. The molecule has 3 heteroatoms. The first-order valence-electron chi connectivity index (χ1n) is 6.90. The van der Waals surface area contributed by atoms with Gasteiger partial charge in [0, 0.05) is 19.7 Å². The smallest absolute Gasteiger partial charge is 0.119 e. The van der Waals surface area contributed by atoms with Gasteiger partial charge in [0.1, 0.15) is 12.4 Å². The lowest BCUT2D eigenvalue weighted by atomic mass is 10.00. The number of nitrogens with one attached hydrogen (secondary N) is 1. The molecule has 1 saturated heterocycles. The summed E-state index contributed by atoms with van der Waals surface area (Å²) in [7, 11) is 0. The first-order valence-corrected chi connectivity index (χ1v) is 6.90. The van der Waals surface area contributed by atoms with Gasteiger partial charge < -0.3 is 14.8 Å². The van der Waals surface area contributed by atoms with Gasteiger partial charge in [-0.2, -0.15) is 0 Å². The molecule has 0 aliphatic carbocycles. The fraction of sp³-hybridized carbons (Fsp3) is 0.600. The van der Waals surface area contributed by atoms with Crippen LogP contribution in [0.2, 0.25) is 0 Å². The quantitative estimate of drug-likeness (QED) is 0.753. The van der Waals surface area contributed by atoms with Gasteiger partial charge in [0.25, 0.3) is 0 Å². The fourth-order valence-electron chi connectivity index (χ4n) is 2.42. The first kappa shape index (κ1) is 13.4. The number of ether oxygens (including phenoxy) is 2. The molecule has 1 aromatic rings. The highest BCUT2D eigenvalue weighted by molar-refractivity contribution is 5.20. The summed E-state index contributed by atoms with van der Waals surface area (Å²) in [4.78, 5) is 0. The number of hydrogen-bond acceptors (Lipinski definition) is 3. The van der Waals surface area contributed by atoms with E-state index in [0.29, 0.717) is 18.6 Å². The molecule has 100 valence electrons. The SMILES string of the molecule is CCC1OCCC1CNCCOc1ccccc1. The van der Waals surface area contributed by atoms with E-state index in [9.17, 15) is 0 Å². The van der Waals surface area contributed by atoms with Crippen molar-refractivity contribution in [2.24, 2.45) is 5.92 Å². The van der Waals surface area contributed by atoms with E-state index in [1.165, 1.54) is 6.42 Å². The fourth-order valence-corrected chi connectivity index (χ4v) is 2.42. The molecule has 2 rings (SSSR count). The van der Waals surface area contributed by atoms with Crippen molar-refractivity contribution in [2.45, 2.75) is 25.9 Å². The van der Waals surface area contributed by atoms with Gasteiger partial charge in [0.2, 0.25) is 0 Å². The molecular weight excluding hydrogens is 226 g/mol. The summed E-state index contributed by atoms with van der Waals surface area (Å²) in [5, 5.41) is 3.46. The van der Waals surface area contributed by atoms with Crippen molar-refractivity contribution in [3.05, 3.63) is 30.3 Å². The molecule has 18 heavy (non-hydrogen) atoms. The van der Waals surface area contributed by atoms with E-state index in [0.717, 1.165) is 31.9 Å². The molecule has 0 amide bonds. The Morgan fingerprint density at radius 1 is 1.33 bits per heavy atom. The molecule has 2 unspecified atom stereocenters. The van der Waals surface area contributed by atoms with Gasteiger partial charge in [-0.3, -0.25) is 0 Å². The van der Waals surface area contributed by atoms with Gasteiger partial charge in [-0.1, -0.05) is 25.1 Å². The maximum atomic E-state index is 5.67. The lowest BCUT2D eigenvalue weighted by Gasteiger charge is -2.17. The van der Waals surface area contributed by atoms with Gasteiger partial charge in [0.15, 0.2) is 0 Å². The number of benzene rings is 1. The minimum absolute atomic E-state index is 0.451. The predicted octanol–water partition coefficient (Wildman–Crippen LogP) is 2.47. The second kappa shape index (κ2) is 7.39. The van der Waals surface area contributed by atoms with Crippen LogP contribution in [0.5, 0.6) is 5.75 Å². The number of para-hydroxylation sites is 1. The van der Waals surface area contributed by atoms with Crippen molar-refractivity contribution in [3.63, 3.8) is 0 Å². The molecule has 1 aliphatic rings. The highest BCUT2D eigenvalue weighted by atomic mass is 16.5. The Kier molecular flexibility index (Phi) is 5.49. The van der Waals surface area contributed by atoms with E-state index in [1.807, 2.05) is 30.3 Å². The van der Waals surface area contributed by atoms with Crippen LogP contribution in [-0.4, -0.2) is 32.4 Å². The summed E-state index contributed by atoms with van der Waals surface area (Å²) in [6.45, 7) is 5.76. The van der Waals surface area contributed by atoms with Crippen molar-refractivity contribution in [2.75, 3.05) is 26.3 Å². The van der Waals surface area contributed by atoms with Gasteiger partial charge in [-0.15, -0.1) is 0 Å². The molecule has 3 nitrogen and oxygen atoms in total. The van der Waals surface area contributed by atoms with Crippen LogP contribution in [0.15, 0.2) is 30.3 Å². The summed E-state index contributed by atoms with van der Waals surface area (Å²) in [6.07, 6.45) is 2.75. The molecule has 1 aliphatic heterocycles. The van der Waals surface area contributed by atoms with E-state index in [4.69, 9.17) is 9.47 Å². The molecule has 1 aromatic carbocycles. The molecule has 1 N–H and O–H groups in total. The Balaban J connectivity index is 1.56. The molecule has 2 atom stereocenters. The normalized spacial score (nSPS) is 23.2. The maximum absolute atomic E-state index is 5.67. The Labute approximate surface area is 109 Å². The average Bonchev–Trinajstić information content (AvgIpc) is 2.87. The summed E-state index contributed by atoms with van der Waals surface area (Å²) >= 11 is 0. The van der Waals surface area contributed by atoms with Gasteiger partial charge in [-0.05, 0) is 30.9 Å². The number of rotatable bonds is 7. The maximum Gasteiger partial charge on any atom is 0.119 e. The second-order valence-electron chi connectivity index (χ2n) is 4.73. The zero-order valence-corrected chi connectivity index (χ0v) is 11.1. The van der Waals surface area contributed by atoms with Crippen molar-refractivity contribution in [1.29, 1.82) is 0 Å². The Morgan fingerprint density at radius 3 is 2.94 bits per heavy atom. The highest BCUT2D eigenvalue weighted by Gasteiger charge is 2.25. The van der Waals surface area contributed by atoms with Crippen LogP contribution in [0, 0.1) is 5.92 Å². The third-order valence-corrected chi connectivity index (χ3v) is 3.45. The van der Waals surface area contributed by atoms with Gasteiger partial charge in [-0.25, -0.2) is 0 Å². The molecule has 1 fully saturated rings. The molecule has 0 bridgehead atoms. The first-order chi connectivity index (χ1) is 8.90. The zero-order valence-electron chi connectivity index (χ0n) is 11.1. The number of hydrogen-bond donors (Lipinski definition) is 1. The molecule has 0 aromatic heterocycles. The molecule has 0 radical (unpaired) electrons. The van der Waals surface area contributed by atoms with Crippen LogP contribution in [0.25, 0.3) is 0 Å². The molecular formula is C15H23NO2. The van der Waals surface area contributed by atoms with Gasteiger partial charge >= 0.3 is 0 Å². The summed E-state index contributed by atoms with van der Waals surface area (Å²) in [5.41, 5.74) is 0. The third-order valence-electron chi connectivity index (χ3n) is 3.45. The van der Waals surface area contributed by atoms with Gasteiger partial charge in [0.05, 0.1) is 6.10 Å². The van der Waals surface area contributed by atoms with Crippen LogP contribution in [0.4, 0.5) is 0 Å². The van der Waals surface area contributed by atoms with Crippen molar-refractivity contribution >= 4 is 0 Å². The third kappa shape index (κ3) is 4.00. The van der Waals surface area contributed by atoms with Crippen molar-refractivity contribution < 1.29 is 9.47 Å².